The minimum Gasteiger partial charge on any atom is -0.499 e. The standard InChI is InChI=1S/C14H16ClN3O.C8H10O/c1-5-19-8-12(16-4)13-10(3)17-14-11(15)6-9(2)7-18(13)14;1-7-3-5-8(9-2)6-4-7/h6-8H,4-5H2,1-3H3;3-6H,1-2H3/b12-8-;. The zero-order valence-corrected chi connectivity index (χ0v) is 17.7. The molecule has 3 rings (SSSR count). The van der Waals surface area contributed by atoms with Crippen molar-refractivity contribution in [2.45, 2.75) is 27.7 Å². The summed E-state index contributed by atoms with van der Waals surface area (Å²) in [6, 6.07) is 9.85. The third kappa shape index (κ3) is 5.14. The molecule has 148 valence electrons. The molecule has 0 aliphatic carbocycles. The predicted molar refractivity (Wildman–Crippen MR) is 117 cm³/mol. The van der Waals surface area contributed by atoms with Crippen LogP contribution in [0.2, 0.25) is 5.02 Å². The first kappa shape index (κ1) is 21.5. The van der Waals surface area contributed by atoms with E-state index in [1.807, 2.05) is 61.7 Å². The number of aryl methyl sites for hydroxylation is 3. The second-order valence-electron chi connectivity index (χ2n) is 6.24. The second-order valence-corrected chi connectivity index (χ2v) is 6.65. The topological polar surface area (TPSA) is 48.1 Å². The lowest BCUT2D eigenvalue weighted by molar-refractivity contribution is 0.270. The van der Waals surface area contributed by atoms with Gasteiger partial charge in [0, 0.05) is 6.20 Å². The molecule has 0 spiro atoms. The van der Waals surface area contributed by atoms with Gasteiger partial charge in [0.05, 0.1) is 30.1 Å². The molecule has 0 radical (unpaired) electrons. The van der Waals surface area contributed by atoms with Crippen LogP contribution in [-0.4, -0.2) is 29.8 Å². The van der Waals surface area contributed by atoms with E-state index in [0.717, 1.165) is 22.7 Å². The van der Waals surface area contributed by atoms with Crippen LogP contribution in [0.5, 0.6) is 5.75 Å². The second kappa shape index (κ2) is 9.95. The molecule has 0 unspecified atom stereocenters. The van der Waals surface area contributed by atoms with Crippen LogP contribution in [0.3, 0.4) is 0 Å². The zero-order valence-electron chi connectivity index (χ0n) is 17.0. The van der Waals surface area contributed by atoms with Crippen LogP contribution in [0.4, 0.5) is 0 Å². The molecule has 6 heteroatoms. The van der Waals surface area contributed by atoms with Gasteiger partial charge in [-0.3, -0.25) is 9.39 Å². The summed E-state index contributed by atoms with van der Waals surface area (Å²) in [6.45, 7) is 12.0. The first-order valence-corrected chi connectivity index (χ1v) is 9.33. The first-order valence-electron chi connectivity index (χ1n) is 8.95. The Kier molecular flexibility index (Phi) is 7.64. The third-order valence-electron chi connectivity index (χ3n) is 4.02. The number of fused-ring (bicyclic) bond motifs is 1. The summed E-state index contributed by atoms with van der Waals surface area (Å²) in [4.78, 5) is 8.50. The lowest BCUT2D eigenvalue weighted by Crippen LogP contribution is -1.95. The van der Waals surface area contributed by atoms with Gasteiger partial charge >= 0.3 is 0 Å². The normalized spacial score (nSPS) is 11.0. The molecular formula is C22H26ClN3O2. The van der Waals surface area contributed by atoms with Crippen LogP contribution in [0.25, 0.3) is 11.3 Å². The van der Waals surface area contributed by atoms with Gasteiger partial charge < -0.3 is 9.47 Å². The van der Waals surface area contributed by atoms with Crippen LogP contribution >= 0.6 is 11.6 Å². The highest BCUT2D eigenvalue weighted by Gasteiger charge is 2.15. The van der Waals surface area contributed by atoms with Crippen LogP contribution in [-0.2, 0) is 4.74 Å². The van der Waals surface area contributed by atoms with Gasteiger partial charge in [-0.15, -0.1) is 0 Å². The van der Waals surface area contributed by atoms with E-state index in [1.54, 1.807) is 13.4 Å². The number of aliphatic imine (C=N–C) groups is 1. The van der Waals surface area contributed by atoms with Crippen molar-refractivity contribution in [1.29, 1.82) is 0 Å². The number of aromatic nitrogens is 2. The Labute approximate surface area is 171 Å². The van der Waals surface area contributed by atoms with Gasteiger partial charge in [-0.25, -0.2) is 4.98 Å². The summed E-state index contributed by atoms with van der Waals surface area (Å²) in [5, 5.41) is 0.620. The molecule has 1 aromatic carbocycles. The summed E-state index contributed by atoms with van der Waals surface area (Å²) in [5.41, 5.74) is 5.36. The number of imidazole rings is 1. The maximum absolute atomic E-state index is 6.22. The molecule has 0 aliphatic heterocycles. The lowest BCUT2D eigenvalue weighted by atomic mass is 10.2. The summed E-state index contributed by atoms with van der Waals surface area (Å²) in [6.07, 6.45) is 3.57. The van der Waals surface area contributed by atoms with E-state index in [2.05, 4.69) is 23.6 Å². The van der Waals surface area contributed by atoms with Gasteiger partial charge in [-0.05, 0) is 58.2 Å². The number of rotatable bonds is 5. The van der Waals surface area contributed by atoms with Gasteiger partial charge in [-0.1, -0.05) is 29.3 Å². The Morgan fingerprint density at radius 3 is 2.46 bits per heavy atom. The van der Waals surface area contributed by atoms with Crippen molar-refractivity contribution >= 4 is 29.7 Å². The Morgan fingerprint density at radius 2 is 1.89 bits per heavy atom. The monoisotopic (exact) mass is 399 g/mol. The maximum atomic E-state index is 6.22. The molecule has 5 nitrogen and oxygen atoms in total. The van der Waals surface area contributed by atoms with E-state index >= 15 is 0 Å². The van der Waals surface area contributed by atoms with Crippen molar-refractivity contribution in [1.82, 2.24) is 9.38 Å². The SMILES string of the molecule is C=N/C(=C\OCC)c1c(C)nc2c(Cl)cc(C)cn12.COc1ccc(C)cc1. The van der Waals surface area contributed by atoms with Gasteiger partial charge in [0.1, 0.15) is 17.7 Å². The van der Waals surface area contributed by atoms with Gasteiger partial charge in [0.2, 0.25) is 0 Å². The molecule has 0 N–H and O–H groups in total. The Balaban J connectivity index is 0.000000261. The minimum atomic E-state index is 0.578. The first-order chi connectivity index (χ1) is 13.4. The van der Waals surface area contributed by atoms with Crippen LogP contribution in [0.1, 0.15) is 29.4 Å². The number of ether oxygens (including phenoxy) is 2. The number of benzene rings is 1. The smallest absolute Gasteiger partial charge is 0.156 e. The van der Waals surface area contributed by atoms with Crippen molar-refractivity contribution in [3.63, 3.8) is 0 Å². The van der Waals surface area contributed by atoms with Gasteiger partial charge in [-0.2, -0.15) is 0 Å². The van der Waals surface area contributed by atoms with Gasteiger partial charge in [0.15, 0.2) is 5.65 Å². The van der Waals surface area contributed by atoms with Crippen molar-refractivity contribution < 1.29 is 9.47 Å². The van der Waals surface area contributed by atoms with E-state index in [1.165, 1.54) is 5.56 Å². The summed E-state index contributed by atoms with van der Waals surface area (Å²) >= 11 is 6.22. The summed E-state index contributed by atoms with van der Waals surface area (Å²) in [5.74, 6) is 0.917. The van der Waals surface area contributed by atoms with Crippen molar-refractivity contribution in [2.24, 2.45) is 4.99 Å². The molecular weight excluding hydrogens is 374 g/mol. The Morgan fingerprint density at radius 1 is 1.21 bits per heavy atom. The molecule has 0 aliphatic rings. The lowest BCUT2D eigenvalue weighted by Gasteiger charge is -2.05. The van der Waals surface area contributed by atoms with E-state index in [4.69, 9.17) is 21.1 Å². The molecule has 0 bridgehead atoms. The number of hydrogen-bond acceptors (Lipinski definition) is 4. The highest BCUT2D eigenvalue weighted by atomic mass is 35.5. The fourth-order valence-electron chi connectivity index (χ4n) is 2.66. The Hall–Kier alpha value is -2.79. The molecule has 0 saturated heterocycles. The molecule has 0 atom stereocenters. The fraction of sp³-hybridized carbons (Fsp3) is 0.273. The number of hydrogen-bond donors (Lipinski definition) is 0. The molecule has 3 aromatic rings. The zero-order chi connectivity index (χ0) is 20.7. The van der Waals surface area contributed by atoms with Crippen molar-refractivity contribution in [2.75, 3.05) is 13.7 Å². The Bertz CT molecular complexity index is 976. The van der Waals surface area contributed by atoms with Crippen LogP contribution in [0.15, 0.2) is 47.8 Å². The predicted octanol–water partition coefficient (Wildman–Crippen LogP) is 5.64. The fourth-order valence-corrected chi connectivity index (χ4v) is 2.96. The minimum absolute atomic E-state index is 0.578. The van der Waals surface area contributed by atoms with E-state index in [9.17, 15) is 0 Å². The van der Waals surface area contributed by atoms with Crippen LogP contribution in [0, 0.1) is 20.8 Å². The largest absolute Gasteiger partial charge is 0.499 e. The molecule has 0 saturated carbocycles. The number of methoxy groups -OCH3 is 1. The van der Waals surface area contributed by atoms with E-state index < -0.39 is 0 Å². The molecule has 0 fully saturated rings. The quantitative estimate of drug-likeness (QED) is 0.411. The van der Waals surface area contributed by atoms with Crippen molar-refractivity contribution in [3.8, 4) is 5.75 Å². The average Bonchev–Trinajstić information content (AvgIpc) is 3.00. The molecule has 2 aromatic heterocycles. The molecule has 0 amide bonds. The number of nitrogens with zero attached hydrogens (tertiary/aromatic N) is 3. The molecule has 2 heterocycles. The number of halogens is 1. The van der Waals surface area contributed by atoms with Gasteiger partial charge in [0.25, 0.3) is 0 Å². The summed E-state index contributed by atoms with van der Waals surface area (Å²) < 4.78 is 12.2. The maximum Gasteiger partial charge on any atom is 0.156 e. The van der Waals surface area contributed by atoms with E-state index in [0.29, 0.717) is 23.0 Å². The highest BCUT2D eigenvalue weighted by molar-refractivity contribution is 6.33. The van der Waals surface area contributed by atoms with E-state index in [-0.39, 0.29) is 0 Å². The third-order valence-corrected chi connectivity index (χ3v) is 4.30. The molecule has 28 heavy (non-hydrogen) atoms. The van der Waals surface area contributed by atoms with Crippen LogP contribution < -0.4 is 4.74 Å². The highest BCUT2D eigenvalue weighted by Crippen LogP contribution is 2.26. The average molecular weight is 400 g/mol. The number of pyridine rings is 1. The van der Waals surface area contributed by atoms with Crippen molar-refractivity contribution in [3.05, 3.63) is 70.3 Å². The summed E-state index contributed by atoms with van der Waals surface area (Å²) in [7, 11) is 1.67.